The Morgan fingerprint density at radius 2 is 2.00 bits per heavy atom. The molecule has 0 aromatic heterocycles. The van der Waals surface area contributed by atoms with E-state index in [9.17, 15) is 9.90 Å². The van der Waals surface area contributed by atoms with Crippen molar-refractivity contribution in [1.29, 1.82) is 0 Å². The number of aliphatic carboxylic acids is 1. The molecule has 0 aliphatic carbocycles. The van der Waals surface area contributed by atoms with Gasteiger partial charge in [-0.15, -0.1) is 0 Å². The normalized spacial score (nSPS) is 12.0. The molecule has 1 N–H and O–H groups in total. The van der Waals surface area contributed by atoms with Crippen LogP contribution in [0.25, 0.3) is 0 Å². The maximum Gasteiger partial charge on any atom is 0.311 e. The fourth-order valence-electron chi connectivity index (χ4n) is 2.14. The maximum atomic E-state index is 11.5. The molecule has 21 heavy (non-hydrogen) atoms. The number of methoxy groups -OCH3 is 1. The van der Waals surface area contributed by atoms with Crippen LogP contribution in [0, 0.1) is 0 Å². The van der Waals surface area contributed by atoms with Gasteiger partial charge in [0.05, 0.1) is 18.1 Å². The molecule has 0 aliphatic heterocycles. The standard InChI is InChI=1S/C16H14Cl2O3/c1-21-15-6-5-10(8-14(15)18)7-13(16(19)20)11-3-2-4-12(17)9-11/h2-6,8-9,13H,7H2,1H3,(H,19,20). The fourth-order valence-corrected chi connectivity index (χ4v) is 2.62. The molecule has 2 aromatic rings. The lowest BCUT2D eigenvalue weighted by atomic mass is 9.92. The van der Waals surface area contributed by atoms with E-state index in [2.05, 4.69) is 0 Å². The molecular weight excluding hydrogens is 311 g/mol. The highest BCUT2D eigenvalue weighted by Gasteiger charge is 2.21. The van der Waals surface area contributed by atoms with E-state index in [0.717, 1.165) is 5.56 Å². The average Bonchev–Trinajstić information content (AvgIpc) is 2.44. The molecule has 0 spiro atoms. The van der Waals surface area contributed by atoms with E-state index in [1.54, 1.807) is 36.4 Å². The van der Waals surface area contributed by atoms with Crippen LogP contribution in [-0.2, 0) is 11.2 Å². The van der Waals surface area contributed by atoms with Crippen LogP contribution in [0.3, 0.4) is 0 Å². The van der Waals surface area contributed by atoms with Gasteiger partial charge in [0.1, 0.15) is 5.75 Å². The molecule has 0 fully saturated rings. The molecule has 110 valence electrons. The highest BCUT2D eigenvalue weighted by molar-refractivity contribution is 6.32. The second-order valence-electron chi connectivity index (χ2n) is 4.62. The summed E-state index contributed by atoms with van der Waals surface area (Å²) in [7, 11) is 1.53. The Morgan fingerprint density at radius 3 is 2.57 bits per heavy atom. The lowest BCUT2D eigenvalue weighted by Crippen LogP contribution is -2.14. The largest absolute Gasteiger partial charge is 0.495 e. The Kier molecular flexibility index (Phi) is 5.10. The number of halogens is 2. The highest BCUT2D eigenvalue weighted by atomic mass is 35.5. The number of benzene rings is 2. The first-order valence-corrected chi connectivity index (χ1v) is 7.07. The van der Waals surface area contributed by atoms with Gasteiger partial charge in [-0.25, -0.2) is 0 Å². The molecule has 0 heterocycles. The van der Waals surface area contributed by atoms with Crippen molar-refractivity contribution in [2.75, 3.05) is 7.11 Å². The summed E-state index contributed by atoms with van der Waals surface area (Å²) in [6, 6.07) is 12.2. The number of hydrogen-bond donors (Lipinski definition) is 1. The Bertz CT molecular complexity index is 656. The second-order valence-corrected chi connectivity index (χ2v) is 5.46. The fraction of sp³-hybridized carbons (Fsp3) is 0.188. The molecule has 0 radical (unpaired) electrons. The molecule has 0 amide bonds. The van der Waals surface area contributed by atoms with Crippen molar-refractivity contribution in [1.82, 2.24) is 0 Å². The van der Waals surface area contributed by atoms with Crippen molar-refractivity contribution in [2.45, 2.75) is 12.3 Å². The van der Waals surface area contributed by atoms with Gasteiger partial charge >= 0.3 is 5.97 Å². The molecule has 1 atom stereocenters. The molecule has 3 nitrogen and oxygen atoms in total. The lowest BCUT2D eigenvalue weighted by molar-refractivity contribution is -0.138. The van der Waals surface area contributed by atoms with Crippen molar-refractivity contribution in [3.8, 4) is 5.75 Å². The Morgan fingerprint density at radius 1 is 1.24 bits per heavy atom. The molecule has 2 rings (SSSR count). The van der Waals surface area contributed by atoms with Gasteiger partial charge in [-0.2, -0.15) is 0 Å². The smallest absolute Gasteiger partial charge is 0.311 e. The summed E-state index contributed by atoms with van der Waals surface area (Å²) in [6.45, 7) is 0. The predicted molar refractivity (Wildman–Crippen MR) is 83.5 cm³/mol. The number of hydrogen-bond acceptors (Lipinski definition) is 2. The van der Waals surface area contributed by atoms with Crippen LogP contribution in [0.1, 0.15) is 17.0 Å². The molecule has 0 aliphatic rings. The molecule has 0 saturated carbocycles. The zero-order chi connectivity index (χ0) is 15.4. The van der Waals surface area contributed by atoms with E-state index in [4.69, 9.17) is 27.9 Å². The van der Waals surface area contributed by atoms with Crippen molar-refractivity contribution < 1.29 is 14.6 Å². The van der Waals surface area contributed by atoms with E-state index in [1.165, 1.54) is 7.11 Å². The summed E-state index contributed by atoms with van der Waals surface area (Å²) in [5.74, 6) is -1.01. The third-order valence-electron chi connectivity index (χ3n) is 3.21. The minimum Gasteiger partial charge on any atom is -0.495 e. The predicted octanol–water partition coefficient (Wildman–Crippen LogP) is 4.41. The van der Waals surface area contributed by atoms with Crippen LogP contribution in [0.4, 0.5) is 0 Å². The van der Waals surface area contributed by atoms with Gasteiger partial charge in [0, 0.05) is 5.02 Å². The minimum atomic E-state index is -0.899. The Hall–Kier alpha value is -1.71. The number of carbonyl (C=O) groups is 1. The van der Waals surface area contributed by atoms with E-state index >= 15 is 0 Å². The van der Waals surface area contributed by atoms with Crippen molar-refractivity contribution in [3.05, 3.63) is 63.6 Å². The third-order valence-corrected chi connectivity index (χ3v) is 3.74. The zero-order valence-electron chi connectivity index (χ0n) is 11.3. The number of ether oxygens (including phenoxy) is 1. The average molecular weight is 325 g/mol. The number of carboxylic acids is 1. The summed E-state index contributed by atoms with van der Waals surface area (Å²) in [5.41, 5.74) is 1.50. The summed E-state index contributed by atoms with van der Waals surface area (Å²) in [4.78, 5) is 11.5. The van der Waals surface area contributed by atoms with Gasteiger partial charge in [-0.05, 0) is 41.8 Å². The monoisotopic (exact) mass is 324 g/mol. The first-order valence-electron chi connectivity index (χ1n) is 6.32. The quantitative estimate of drug-likeness (QED) is 0.885. The second kappa shape index (κ2) is 6.83. The van der Waals surface area contributed by atoms with Crippen LogP contribution in [0.15, 0.2) is 42.5 Å². The Labute approximate surface area is 133 Å². The molecular formula is C16H14Cl2O3. The molecule has 1 unspecified atom stereocenters. The molecule has 0 bridgehead atoms. The van der Waals surface area contributed by atoms with E-state index in [1.807, 2.05) is 6.07 Å². The number of rotatable bonds is 5. The van der Waals surface area contributed by atoms with Crippen LogP contribution in [-0.4, -0.2) is 18.2 Å². The third kappa shape index (κ3) is 3.90. The molecule has 0 saturated heterocycles. The maximum absolute atomic E-state index is 11.5. The van der Waals surface area contributed by atoms with Gasteiger partial charge in [-0.1, -0.05) is 41.4 Å². The van der Waals surface area contributed by atoms with E-state index in [-0.39, 0.29) is 0 Å². The van der Waals surface area contributed by atoms with Crippen molar-refractivity contribution in [2.24, 2.45) is 0 Å². The first-order chi connectivity index (χ1) is 10.0. The van der Waals surface area contributed by atoms with Crippen LogP contribution in [0.2, 0.25) is 10.0 Å². The molecule has 2 aromatic carbocycles. The van der Waals surface area contributed by atoms with Gasteiger partial charge < -0.3 is 9.84 Å². The van der Waals surface area contributed by atoms with Crippen molar-refractivity contribution >= 4 is 29.2 Å². The summed E-state index contributed by atoms with van der Waals surface area (Å²) < 4.78 is 5.09. The van der Waals surface area contributed by atoms with Gasteiger partial charge in [0.15, 0.2) is 0 Å². The van der Waals surface area contributed by atoms with E-state index < -0.39 is 11.9 Å². The first kappa shape index (κ1) is 15.7. The summed E-state index contributed by atoms with van der Waals surface area (Å²) >= 11 is 12.0. The van der Waals surface area contributed by atoms with Gasteiger partial charge in [-0.3, -0.25) is 4.79 Å². The SMILES string of the molecule is COc1ccc(CC(C(=O)O)c2cccc(Cl)c2)cc1Cl. The lowest BCUT2D eigenvalue weighted by Gasteiger charge is -2.14. The highest BCUT2D eigenvalue weighted by Crippen LogP contribution is 2.29. The number of carboxylic acid groups (broad SMARTS) is 1. The summed E-state index contributed by atoms with van der Waals surface area (Å²) in [6.07, 6.45) is 0.333. The van der Waals surface area contributed by atoms with Gasteiger partial charge in [0.2, 0.25) is 0 Å². The van der Waals surface area contributed by atoms with Crippen LogP contribution < -0.4 is 4.74 Å². The summed E-state index contributed by atoms with van der Waals surface area (Å²) in [5, 5.41) is 10.4. The topological polar surface area (TPSA) is 46.5 Å². The zero-order valence-corrected chi connectivity index (χ0v) is 12.9. The minimum absolute atomic E-state index is 0.333. The van der Waals surface area contributed by atoms with Crippen LogP contribution in [0.5, 0.6) is 5.75 Å². The van der Waals surface area contributed by atoms with Crippen LogP contribution >= 0.6 is 23.2 Å². The Balaban J connectivity index is 2.29. The van der Waals surface area contributed by atoms with Crippen molar-refractivity contribution in [3.63, 3.8) is 0 Å². The van der Waals surface area contributed by atoms with Gasteiger partial charge in [0.25, 0.3) is 0 Å². The van der Waals surface area contributed by atoms with E-state index in [0.29, 0.717) is 27.8 Å². The molecule has 5 heteroatoms.